The molecule has 3 heterocycles. The average molecular weight is 291 g/mol. The van der Waals surface area contributed by atoms with Gasteiger partial charge in [0, 0.05) is 25.5 Å². The summed E-state index contributed by atoms with van der Waals surface area (Å²) < 4.78 is 5.67. The third-order valence-electron chi connectivity index (χ3n) is 4.44. The second-order valence-corrected chi connectivity index (χ2v) is 5.96. The molecule has 21 heavy (non-hydrogen) atoms. The number of anilines is 1. The highest BCUT2D eigenvalue weighted by Gasteiger charge is 2.36. The van der Waals surface area contributed by atoms with Gasteiger partial charge in [-0.15, -0.1) is 0 Å². The molecular weight excluding hydrogens is 270 g/mol. The zero-order valence-electron chi connectivity index (χ0n) is 12.2. The summed E-state index contributed by atoms with van der Waals surface area (Å²) in [6, 6.07) is 0. The lowest BCUT2D eigenvalue weighted by atomic mass is 9.90. The first-order valence-electron chi connectivity index (χ1n) is 7.55. The van der Waals surface area contributed by atoms with Crippen molar-refractivity contribution >= 4 is 11.9 Å². The fourth-order valence-corrected chi connectivity index (χ4v) is 3.21. The van der Waals surface area contributed by atoms with E-state index in [1.54, 1.807) is 0 Å². The molecule has 0 radical (unpaired) electrons. The van der Waals surface area contributed by atoms with E-state index in [2.05, 4.69) is 14.9 Å². The zero-order chi connectivity index (χ0) is 14.8. The molecular formula is C15H21N3O3. The van der Waals surface area contributed by atoms with Gasteiger partial charge in [-0.2, -0.15) is 0 Å². The van der Waals surface area contributed by atoms with Gasteiger partial charge in [0.15, 0.2) is 6.10 Å². The number of rotatable bonds is 3. The van der Waals surface area contributed by atoms with Crippen LogP contribution in [-0.2, 0) is 9.53 Å². The first-order chi connectivity index (χ1) is 10.1. The fourth-order valence-electron chi connectivity index (χ4n) is 3.21. The Labute approximate surface area is 124 Å². The monoisotopic (exact) mass is 291 g/mol. The van der Waals surface area contributed by atoms with Gasteiger partial charge in [0.05, 0.1) is 6.10 Å². The van der Waals surface area contributed by atoms with Crippen LogP contribution in [0.3, 0.4) is 0 Å². The average Bonchev–Trinajstić information content (AvgIpc) is 2.98. The van der Waals surface area contributed by atoms with Crippen molar-refractivity contribution in [3.63, 3.8) is 0 Å². The Bertz CT molecular complexity index is 497. The van der Waals surface area contributed by atoms with Crippen molar-refractivity contribution in [2.24, 2.45) is 5.92 Å². The van der Waals surface area contributed by atoms with Crippen molar-refractivity contribution in [1.82, 2.24) is 9.97 Å². The van der Waals surface area contributed by atoms with Crippen LogP contribution in [0.25, 0.3) is 0 Å². The molecule has 1 aromatic rings. The van der Waals surface area contributed by atoms with Gasteiger partial charge < -0.3 is 14.7 Å². The highest BCUT2D eigenvalue weighted by molar-refractivity contribution is 5.72. The predicted octanol–water partition coefficient (Wildman–Crippen LogP) is 1.63. The van der Waals surface area contributed by atoms with Crippen LogP contribution in [0, 0.1) is 12.8 Å². The number of piperidine rings is 1. The van der Waals surface area contributed by atoms with Gasteiger partial charge in [0.25, 0.3) is 0 Å². The minimum atomic E-state index is -0.831. The topological polar surface area (TPSA) is 75.6 Å². The maximum atomic E-state index is 10.9. The number of ether oxygens (including phenoxy) is 1. The molecule has 0 unspecified atom stereocenters. The third-order valence-corrected chi connectivity index (χ3v) is 4.44. The molecule has 2 aliphatic rings. The van der Waals surface area contributed by atoms with Crippen LogP contribution in [0.4, 0.5) is 5.95 Å². The SMILES string of the molecule is Cc1cnc(N2CCC([C@@H]3CC[C@H](C(=O)O)O3)CC2)nc1. The molecule has 0 saturated carbocycles. The number of aliphatic carboxylic acids is 1. The Morgan fingerprint density at radius 3 is 2.48 bits per heavy atom. The van der Waals surface area contributed by atoms with E-state index in [1.165, 1.54) is 0 Å². The quantitative estimate of drug-likeness (QED) is 0.912. The second kappa shape index (κ2) is 5.97. The van der Waals surface area contributed by atoms with Crippen LogP contribution < -0.4 is 4.90 Å². The maximum Gasteiger partial charge on any atom is 0.332 e. The number of hydrogen-bond acceptors (Lipinski definition) is 5. The van der Waals surface area contributed by atoms with Gasteiger partial charge in [-0.1, -0.05) is 0 Å². The molecule has 1 aromatic heterocycles. The number of carbonyl (C=O) groups is 1. The van der Waals surface area contributed by atoms with E-state index in [1.807, 2.05) is 19.3 Å². The molecule has 114 valence electrons. The molecule has 0 aliphatic carbocycles. The molecule has 6 nitrogen and oxygen atoms in total. The highest BCUT2D eigenvalue weighted by Crippen LogP contribution is 2.32. The molecule has 2 atom stereocenters. The summed E-state index contributed by atoms with van der Waals surface area (Å²) in [6.45, 7) is 3.79. The summed E-state index contributed by atoms with van der Waals surface area (Å²) >= 11 is 0. The first-order valence-corrected chi connectivity index (χ1v) is 7.55. The third kappa shape index (κ3) is 3.15. The summed E-state index contributed by atoms with van der Waals surface area (Å²) in [4.78, 5) is 21.9. The molecule has 2 fully saturated rings. The molecule has 0 aromatic carbocycles. The Morgan fingerprint density at radius 2 is 1.90 bits per heavy atom. The maximum absolute atomic E-state index is 10.9. The van der Waals surface area contributed by atoms with E-state index >= 15 is 0 Å². The Balaban J connectivity index is 1.53. The van der Waals surface area contributed by atoms with Crippen molar-refractivity contribution in [3.8, 4) is 0 Å². The summed E-state index contributed by atoms with van der Waals surface area (Å²) in [7, 11) is 0. The molecule has 2 aliphatic heterocycles. The van der Waals surface area contributed by atoms with Gasteiger partial charge in [-0.3, -0.25) is 0 Å². The van der Waals surface area contributed by atoms with E-state index in [9.17, 15) is 4.79 Å². The number of hydrogen-bond donors (Lipinski definition) is 1. The fraction of sp³-hybridized carbons (Fsp3) is 0.667. The standard InChI is InChI=1S/C15H21N3O3/c1-10-8-16-15(17-9-10)18-6-4-11(5-7-18)12-2-3-13(21-12)14(19)20/h8-9,11-13H,2-7H2,1H3,(H,19,20)/t12-,13+/m0/s1. The molecule has 2 saturated heterocycles. The molecule has 3 rings (SSSR count). The lowest BCUT2D eigenvalue weighted by Gasteiger charge is -2.34. The van der Waals surface area contributed by atoms with Gasteiger partial charge in [0.2, 0.25) is 5.95 Å². The zero-order valence-corrected chi connectivity index (χ0v) is 12.2. The number of carboxylic acid groups (broad SMARTS) is 1. The van der Waals surface area contributed by atoms with Crippen LogP contribution in [0.1, 0.15) is 31.2 Å². The Kier molecular flexibility index (Phi) is 4.05. The van der Waals surface area contributed by atoms with Crippen molar-refractivity contribution in [3.05, 3.63) is 18.0 Å². The van der Waals surface area contributed by atoms with E-state index in [0.29, 0.717) is 12.3 Å². The second-order valence-electron chi connectivity index (χ2n) is 5.96. The minimum Gasteiger partial charge on any atom is -0.479 e. The van der Waals surface area contributed by atoms with Crippen molar-refractivity contribution in [2.45, 2.75) is 44.8 Å². The molecule has 0 amide bonds. The number of aryl methyl sites for hydroxylation is 1. The molecule has 1 N–H and O–H groups in total. The Hall–Kier alpha value is -1.69. The summed E-state index contributed by atoms with van der Waals surface area (Å²) in [5.74, 6) is 0.411. The summed E-state index contributed by atoms with van der Waals surface area (Å²) in [5.41, 5.74) is 1.06. The summed E-state index contributed by atoms with van der Waals surface area (Å²) in [6.07, 6.45) is 6.70. The van der Waals surface area contributed by atoms with E-state index in [0.717, 1.165) is 43.9 Å². The number of nitrogens with zero attached hydrogens (tertiary/aromatic N) is 3. The lowest BCUT2D eigenvalue weighted by Crippen LogP contribution is -2.39. The smallest absolute Gasteiger partial charge is 0.332 e. The van der Waals surface area contributed by atoms with Crippen molar-refractivity contribution in [1.29, 1.82) is 0 Å². The Morgan fingerprint density at radius 1 is 1.24 bits per heavy atom. The number of carboxylic acids is 1. The van der Waals surface area contributed by atoms with Crippen LogP contribution in [0.15, 0.2) is 12.4 Å². The molecule has 0 bridgehead atoms. The van der Waals surface area contributed by atoms with E-state index < -0.39 is 12.1 Å². The van der Waals surface area contributed by atoms with Gasteiger partial charge in [-0.05, 0) is 44.1 Å². The normalized spacial score (nSPS) is 27.0. The van der Waals surface area contributed by atoms with E-state index in [-0.39, 0.29) is 6.10 Å². The highest BCUT2D eigenvalue weighted by atomic mass is 16.5. The molecule has 0 spiro atoms. The molecule has 6 heteroatoms. The minimum absolute atomic E-state index is 0.104. The predicted molar refractivity (Wildman–Crippen MR) is 77.2 cm³/mol. The largest absolute Gasteiger partial charge is 0.479 e. The lowest BCUT2D eigenvalue weighted by molar-refractivity contribution is -0.150. The van der Waals surface area contributed by atoms with Gasteiger partial charge >= 0.3 is 5.97 Å². The van der Waals surface area contributed by atoms with E-state index in [4.69, 9.17) is 9.84 Å². The van der Waals surface area contributed by atoms with Gasteiger partial charge in [-0.25, -0.2) is 14.8 Å². The summed E-state index contributed by atoms with van der Waals surface area (Å²) in [5, 5.41) is 8.99. The van der Waals surface area contributed by atoms with Gasteiger partial charge in [0.1, 0.15) is 0 Å². The van der Waals surface area contributed by atoms with Crippen LogP contribution in [0.2, 0.25) is 0 Å². The van der Waals surface area contributed by atoms with Crippen LogP contribution >= 0.6 is 0 Å². The number of aromatic nitrogens is 2. The van der Waals surface area contributed by atoms with Crippen molar-refractivity contribution < 1.29 is 14.6 Å². The van der Waals surface area contributed by atoms with Crippen molar-refractivity contribution in [2.75, 3.05) is 18.0 Å². The van der Waals surface area contributed by atoms with Crippen LogP contribution in [-0.4, -0.2) is 46.3 Å². The van der Waals surface area contributed by atoms with Crippen LogP contribution in [0.5, 0.6) is 0 Å². The first kappa shape index (κ1) is 14.3.